The molecular formula is C24H17Cl3N3O4S-. The second-order valence-electron chi connectivity index (χ2n) is 7.72. The van der Waals surface area contributed by atoms with Gasteiger partial charge in [0.15, 0.2) is 5.78 Å². The van der Waals surface area contributed by atoms with Crippen LogP contribution in [-0.4, -0.2) is 24.1 Å². The number of pyridine rings is 2. The van der Waals surface area contributed by atoms with Gasteiger partial charge < -0.3 is 4.55 Å². The molecule has 4 aromatic rings. The lowest BCUT2D eigenvalue weighted by Gasteiger charge is -2.19. The number of Topliss-reactive ketones (excluding diaryl/α,β-unsaturated/α-hetero) is 1. The van der Waals surface area contributed by atoms with Gasteiger partial charge in [0, 0.05) is 51.4 Å². The predicted molar refractivity (Wildman–Crippen MR) is 139 cm³/mol. The van der Waals surface area contributed by atoms with Crippen LogP contribution in [0.4, 0.5) is 0 Å². The summed E-state index contributed by atoms with van der Waals surface area (Å²) in [6.45, 7) is 0.996. The van der Waals surface area contributed by atoms with E-state index in [2.05, 4.69) is 4.72 Å². The Balaban J connectivity index is 2.16. The Morgan fingerprint density at radius 3 is 2.31 bits per heavy atom. The smallest absolute Gasteiger partial charge is 0.263 e. The fraction of sp³-hybridized carbons (Fsp3) is 0.125. The number of nitrogens with one attached hydrogen (secondary N) is 1. The van der Waals surface area contributed by atoms with Gasteiger partial charge in [-0.1, -0.05) is 46.9 Å². The summed E-state index contributed by atoms with van der Waals surface area (Å²) >= 11 is 16.1. The van der Waals surface area contributed by atoms with Crippen molar-refractivity contribution in [2.75, 3.05) is 0 Å². The van der Waals surface area contributed by atoms with Gasteiger partial charge in [0.2, 0.25) is 0 Å². The van der Waals surface area contributed by atoms with Crippen molar-refractivity contribution in [2.24, 2.45) is 7.05 Å². The molecule has 2 aromatic heterocycles. The monoisotopic (exact) mass is 548 g/mol. The molecule has 4 rings (SSSR count). The maximum atomic E-state index is 13.1. The zero-order valence-electron chi connectivity index (χ0n) is 18.4. The van der Waals surface area contributed by atoms with Crippen molar-refractivity contribution in [2.45, 2.75) is 13.5 Å². The first-order valence-electron chi connectivity index (χ1n) is 10.2. The third-order valence-corrected chi connectivity index (χ3v) is 6.71. The third-order valence-electron chi connectivity index (χ3n) is 5.53. The molecule has 0 aliphatic rings. The SMILES string of the molecule is CC(=O)c1c(CNS(=O)[O-])c2cc(-c3ccc(Cl)cc3)c(-c3ccc(Cl)cc3Cl)nc2n(C)c1=O. The summed E-state index contributed by atoms with van der Waals surface area (Å²) < 4.78 is 26.0. The quantitative estimate of drug-likeness (QED) is 0.259. The zero-order chi connectivity index (χ0) is 25.4. The predicted octanol–water partition coefficient (Wildman–Crippen LogP) is 5.31. The number of ketones is 1. The van der Waals surface area contributed by atoms with E-state index in [4.69, 9.17) is 39.8 Å². The number of nitrogens with zero attached hydrogens (tertiary/aromatic N) is 2. The number of rotatable bonds is 6. The number of hydrogen-bond donors (Lipinski definition) is 1. The van der Waals surface area contributed by atoms with Crippen LogP contribution in [0, 0.1) is 0 Å². The summed E-state index contributed by atoms with van der Waals surface area (Å²) in [5.74, 6) is -0.487. The van der Waals surface area contributed by atoms with Crippen LogP contribution in [-0.2, 0) is 24.9 Å². The minimum atomic E-state index is -2.61. The molecule has 0 spiro atoms. The van der Waals surface area contributed by atoms with E-state index in [1.54, 1.807) is 48.5 Å². The average Bonchev–Trinajstić information content (AvgIpc) is 2.80. The van der Waals surface area contributed by atoms with E-state index >= 15 is 0 Å². The first-order valence-corrected chi connectivity index (χ1v) is 12.4. The molecule has 0 radical (unpaired) electrons. The summed E-state index contributed by atoms with van der Waals surface area (Å²) in [7, 11) is 1.50. The Bertz CT molecular complexity index is 1570. The van der Waals surface area contributed by atoms with Gasteiger partial charge >= 0.3 is 0 Å². The van der Waals surface area contributed by atoms with E-state index in [1.165, 1.54) is 18.5 Å². The lowest BCUT2D eigenvalue weighted by molar-refractivity contribution is 0.101. The second-order valence-corrected chi connectivity index (χ2v) is 9.75. The van der Waals surface area contributed by atoms with E-state index in [1.807, 2.05) is 0 Å². The lowest BCUT2D eigenvalue weighted by atomic mass is 9.95. The minimum Gasteiger partial charge on any atom is -0.760 e. The first-order chi connectivity index (χ1) is 16.6. The second kappa shape index (κ2) is 10.2. The Morgan fingerprint density at radius 1 is 1.06 bits per heavy atom. The van der Waals surface area contributed by atoms with Crippen molar-refractivity contribution in [3.63, 3.8) is 0 Å². The van der Waals surface area contributed by atoms with Gasteiger partial charge in [0.25, 0.3) is 5.56 Å². The molecule has 2 aromatic carbocycles. The Morgan fingerprint density at radius 2 is 1.71 bits per heavy atom. The molecule has 0 bridgehead atoms. The number of hydrogen-bond acceptors (Lipinski definition) is 5. The van der Waals surface area contributed by atoms with Crippen LogP contribution in [0.5, 0.6) is 0 Å². The van der Waals surface area contributed by atoms with Gasteiger partial charge in [0.05, 0.1) is 16.3 Å². The van der Waals surface area contributed by atoms with Crippen molar-refractivity contribution in [1.29, 1.82) is 0 Å². The highest BCUT2D eigenvalue weighted by Crippen LogP contribution is 2.38. The number of halogens is 3. The van der Waals surface area contributed by atoms with Gasteiger partial charge in [0.1, 0.15) is 5.65 Å². The van der Waals surface area contributed by atoms with Gasteiger partial charge in [-0.05, 0) is 54.4 Å². The topological polar surface area (TPSA) is 104 Å². The molecule has 0 aliphatic carbocycles. The van der Waals surface area contributed by atoms with Crippen molar-refractivity contribution >= 4 is 62.9 Å². The third kappa shape index (κ3) is 5.04. The maximum Gasteiger partial charge on any atom is 0.263 e. The lowest BCUT2D eigenvalue weighted by Crippen LogP contribution is -2.29. The van der Waals surface area contributed by atoms with Crippen LogP contribution in [0.15, 0.2) is 53.3 Å². The number of fused-ring (bicyclic) bond motifs is 1. The van der Waals surface area contributed by atoms with Crippen LogP contribution >= 0.6 is 34.8 Å². The molecule has 1 unspecified atom stereocenters. The highest BCUT2D eigenvalue weighted by molar-refractivity contribution is 7.77. The maximum absolute atomic E-state index is 13.1. The Labute approximate surface area is 218 Å². The van der Waals surface area contributed by atoms with Crippen molar-refractivity contribution in [1.82, 2.24) is 14.3 Å². The molecular weight excluding hydrogens is 533 g/mol. The van der Waals surface area contributed by atoms with Crippen LogP contribution in [0.25, 0.3) is 33.4 Å². The van der Waals surface area contributed by atoms with Crippen molar-refractivity contribution < 1.29 is 13.6 Å². The summed E-state index contributed by atoms with van der Waals surface area (Å²) in [4.78, 5) is 30.3. The molecule has 0 aliphatic heterocycles. The molecule has 35 heavy (non-hydrogen) atoms. The normalized spacial score (nSPS) is 12.2. The standard InChI is InChI=1S/C24H18Cl3N3O4S/c1-12(31)21-19(11-28-35(33)34)18-10-17(13-3-5-14(25)6-4-13)22(29-23(18)30(2)24(21)32)16-8-7-15(26)9-20(16)27/h3-10,28H,11H2,1-2H3,(H,33,34)/p-1. The number of carbonyl (C=O) groups is 1. The van der Waals surface area contributed by atoms with Crippen molar-refractivity contribution in [3.05, 3.63) is 85.1 Å². The van der Waals surface area contributed by atoms with E-state index in [9.17, 15) is 18.4 Å². The zero-order valence-corrected chi connectivity index (χ0v) is 21.5. The largest absolute Gasteiger partial charge is 0.760 e. The van der Waals surface area contributed by atoms with Crippen LogP contribution < -0.4 is 10.3 Å². The molecule has 1 N–H and O–H groups in total. The van der Waals surface area contributed by atoms with E-state index in [0.29, 0.717) is 37.3 Å². The minimum absolute atomic E-state index is 0.112. The molecule has 180 valence electrons. The number of carbonyl (C=O) groups excluding carboxylic acids is 1. The average molecular weight is 550 g/mol. The van der Waals surface area contributed by atoms with Crippen LogP contribution in [0.2, 0.25) is 15.1 Å². The highest BCUT2D eigenvalue weighted by Gasteiger charge is 2.23. The molecule has 0 fully saturated rings. The number of benzene rings is 2. The summed E-state index contributed by atoms with van der Waals surface area (Å²) in [6.07, 6.45) is 0. The molecule has 0 saturated heterocycles. The van der Waals surface area contributed by atoms with E-state index in [-0.39, 0.29) is 23.3 Å². The molecule has 7 nitrogen and oxygen atoms in total. The van der Waals surface area contributed by atoms with Gasteiger partial charge in [-0.2, -0.15) is 0 Å². The van der Waals surface area contributed by atoms with E-state index in [0.717, 1.165) is 5.56 Å². The summed E-state index contributed by atoms with van der Waals surface area (Å²) in [6, 6.07) is 13.8. The van der Waals surface area contributed by atoms with Crippen LogP contribution in [0.3, 0.4) is 0 Å². The van der Waals surface area contributed by atoms with Gasteiger partial charge in [-0.25, -0.2) is 9.71 Å². The molecule has 2 heterocycles. The van der Waals surface area contributed by atoms with Gasteiger partial charge in [-0.3, -0.25) is 18.4 Å². The Kier molecular flexibility index (Phi) is 7.42. The van der Waals surface area contributed by atoms with E-state index < -0.39 is 22.6 Å². The number of aromatic nitrogens is 2. The van der Waals surface area contributed by atoms with Crippen LogP contribution in [0.1, 0.15) is 22.8 Å². The molecule has 0 saturated carbocycles. The highest BCUT2D eigenvalue weighted by atomic mass is 35.5. The fourth-order valence-corrected chi connectivity index (χ4v) is 4.81. The Hall–Kier alpha value is -2.59. The first kappa shape index (κ1) is 25.5. The summed E-state index contributed by atoms with van der Waals surface area (Å²) in [5.41, 5.74) is 2.22. The van der Waals surface area contributed by atoms with Gasteiger partial charge in [-0.15, -0.1) is 0 Å². The fourth-order valence-electron chi connectivity index (χ4n) is 3.92. The summed E-state index contributed by atoms with van der Waals surface area (Å²) in [5, 5.41) is 1.78. The molecule has 11 heteroatoms. The molecule has 0 amide bonds. The van der Waals surface area contributed by atoms with Crippen molar-refractivity contribution in [3.8, 4) is 22.4 Å². The molecule has 1 atom stereocenters. The number of aryl methyl sites for hydroxylation is 1.